The van der Waals surface area contributed by atoms with Crippen LogP contribution < -0.4 is 0 Å². The molecule has 0 atom stereocenters. The Bertz CT molecular complexity index is 71.9. The fourth-order valence-corrected chi connectivity index (χ4v) is 0.0720. The average molecular weight is 101 g/mol. The van der Waals surface area contributed by atoms with Gasteiger partial charge in [-0.2, -0.15) is 10.5 Å². The van der Waals surface area contributed by atoms with Gasteiger partial charge in [0.2, 0.25) is 12.8 Å². The number of imide groups is 1. The first kappa shape index (κ1) is 5.74. The van der Waals surface area contributed by atoms with Crippen molar-refractivity contribution >= 4 is 12.8 Å². The standard InChI is InChI=1S/C2H3N3O2/c3-4-5(1-6)2-7/h1-3H. The molecule has 0 radical (unpaired) electrons. The zero-order chi connectivity index (χ0) is 5.70. The van der Waals surface area contributed by atoms with Crippen LogP contribution in [0.25, 0.3) is 0 Å². The Morgan fingerprint density at radius 3 is 1.86 bits per heavy atom. The topological polar surface area (TPSA) is 73.6 Å². The first-order valence-electron chi connectivity index (χ1n) is 1.41. The molecule has 0 spiro atoms. The van der Waals surface area contributed by atoms with E-state index in [0.29, 0.717) is 5.01 Å². The summed E-state index contributed by atoms with van der Waals surface area (Å²) in [6, 6.07) is 0. The highest BCUT2D eigenvalue weighted by molar-refractivity contribution is 5.67. The van der Waals surface area contributed by atoms with Crippen molar-refractivity contribution in [2.45, 2.75) is 0 Å². The molecule has 0 heterocycles. The van der Waals surface area contributed by atoms with Gasteiger partial charge in [0.15, 0.2) is 0 Å². The molecule has 0 aromatic carbocycles. The molecule has 0 aromatic heterocycles. The first-order chi connectivity index (χ1) is 3.35. The van der Waals surface area contributed by atoms with E-state index in [0.717, 1.165) is 0 Å². The molecule has 0 unspecified atom stereocenters. The molecule has 0 aromatic rings. The van der Waals surface area contributed by atoms with Crippen LogP contribution in [0, 0.1) is 5.53 Å². The molecular formula is C2H3N3O2. The van der Waals surface area contributed by atoms with E-state index in [9.17, 15) is 9.59 Å². The van der Waals surface area contributed by atoms with Gasteiger partial charge in [0.25, 0.3) is 0 Å². The molecule has 0 aliphatic rings. The smallest absolute Gasteiger partial charge is 0.238 e. The van der Waals surface area contributed by atoms with Gasteiger partial charge in [0.05, 0.1) is 0 Å². The Morgan fingerprint density at radius 2 is 1.86 bits per heavy atom. The molecule has 0 aliphatic heterocycles. The number of hydrogen-bond donors (Lipinski definition) is 1. The van der Waals surface area contributed by atoms with Crippen molar-refractivity contribution < 1.29 is 9.59 Å². The third kappa shape index (κ3) is 1.58. The van der Waals surface area contributed by atoms with E-state index in [1.807, 2.05) is 0 Å². The second kappa shape index (κ2) is 2.95. The number of nitrogens with zero attached hydrogens (tertiary/aromatic N) is 2. The molecular weight excluding hydrogens is 98.0 g/mol. The Balaban J connectivity index is 3.57. The largest absolute Gasteiger partial charge is 0.276 e. The molecule has 0 saturated carbocycles. The van der Waals surface area contributed by atoms with Crippen molar-refractivity contribution in [2.24, 2.45) is 5.22 Å². The monoisotopic (exact) mass is 101 g/mol. The summed E-state index contributed by atoms with van der Waals surface area (Å²) in [4.78, 5) is 18.9. The normalized spacial score (nSPS) is 6.86. The van der Waals surface area contributed by atoms with Gasteiger partial charge in [-0.15, -0.1) is 0 Å². The maximum absolute atomic E-state index is 9.45. The lowest BCUT2D eigenvalue weighted by atomic mass is 11.1. The van der Waals surface area contributed by atoms with Crippen LogP contribution in [0.1, 0.15) is 0 Å². The predicted molar refractivity (Wildman–Crippen MR) is 19.1 cm³/mol. The van der Waals surface area contributed by atoms with Crippen LogP contribution in [0.15, 0.2) is 5.22 Å². The summed E-state index contributed by atoms with van der Waals surface area (Å²) in [5.74, 6) is 0. The van der Waals surface area contributed by atoms with Crippen LogP contribution >= 0.6 is 0 Å². The number of amides is 2. The lowest BCUT2D eigenvalue weighted by Crippen LogP contribution is -2.09. The highest BCUT2D eigenvalue weighted by Gasteiger charge is 1.87. The van der Waals surface area contributed by atoms with Crippen LogP contribution in [-0.2, 0) is 9.59 Å². The third-order valence-electron chi connectivity index (χ3n) is 0.331. The first-order valence-corrected chi connectivity index (χ1v) is 1.41. The number of carbonyl (C=O) groups excluding carboxylic acids is 2. The summed E-state index contributed by atoms with van der Waals surface area (Å²) >= 11 is 0. The van der Waals surface area contributed by atoms with Crippen molar-refractivity contribution in [1.29, 1.82) is 5.53 Å². The van der Waals surface area contributed by atoms with Crippen LogP contribution in [-0.4, -0.2) is 17.8 Å². The van der Waals surface area contributed by atoms with Gasteiger partial charge in [0.1, 0.15) is 0 Å². The summed E-state index contributed by atoms with van der Waals surface area (Å²) < 4.78 is 0. The van der Waals surface area contributed by atoms with Crippen LogP contribution in [0.2, 0.25) is 0 Å². The minimum Gasteiger partial charge on any atom is -0.276 e. The average Bonchev–Trinajstić information content (AvgIpc) is 1.72. The molecule has 0 bridgehead atoms. The Morgan fingerprint density at radius 1 is 1.43 bits per heavy atom. The summed E-state index contributed by atoms with van der Waals surface area (Å²) in [7, 11) is 0. The van der Waals surface area contributed by atoms with Gasteiger partial charge in [-0.05, 0) is 0 Å². The van der Waals surface area contributed by atoms with Gasteiger partial charge in [-0.1, -0.05) is 5.22 Å². The quantitative estimate of drug-likeness (QED) is 0.297. The SMILES string of the molecule is N=NN(C=O)C=O. The Hall–Kier alpha value is -1.26. The Labute approximate surface area is 39.4 Å². The maximum Gasteiger partial charge on any atom is 0.238 e. The van der Waals surface area contributed by atoms with Gasteiger partial charge in [0, 0.05) is 0 Å². The molecule has 38 valence electrons. The van der Waals surface area contributed by atoms with Crippen LogP contribution in [0.5, 0.6) is 0 Å². The molecule has 5 heteroatoms. The second-order valence-corrected chi connectivity index (χ2v) is 0.691. The van der Waals surface area contributed by atoms with E-state index in [-0.39, 0.29) is 12.8 Å². The van der Waals surface area contributed by atoms with Crippen molar-refractivity contribution in [2.75, 3.05) is 0 Å². The molecule has 1 N–H and O–H groups in total. The number of carbonyl (C=O) groups is 2. The van der Waals surface area contributed by atoms with Crippen LogP contribution in [0.3, 0.4) is 0 Å². The lowest BCUT2D eigenvalue weighted by Gasteiger charge is -1.90. The number of nitrogens with one attached hydrogen (secondary N) is 1. The van der Waals surface area contributed by atoms with Crippen molar-refractivity contribution in [3.05, 3.63) is 0 Å². The molecule has 0 aliphatic carbocycles. The molecule has 0 saturated heterocycles. The Kier molecular flexibility index (Phi) is 2.42. The predicted octanol–water partition coefficient (Wildman–Crippen LogP) is -0.453. The fourth-order valence-electron chi connectivity index (χ4n) is 0.0720. The van der Waals surface area contributed by atoms with E-state index >= 15 is 0 Å². The molecule has 5 nitrogen and oxygen atoms in total. The molecule has 2 amide bonds. The fraction of sp³-hybridized carbons (Fsp3) is 0. The summed E-state index contributed by atoms with van der Waals surface area (Å²) in [5.41, 5.74) is 6.05. The second-order valence-electron chi connectivity index (χ2n) is 0.691. The molecule has 7 heavy (non-hydrogen) atoms. The van der Waals surface area contributed by atoms with Crippen molar-refractivity contribution in [1.82, 2.24) is 5.01 Å². The lowest BCUT2D eigenvalue weighted by molar-refractivity contribution is -0.129. The highest BCUT2D eigenvalue weighted by atomic mass is 16.2. The number of rotatable bonds is 3. The van der Waals surface area contributed by atoms with Crippen LogP contribution in [0.4, 0.5) is 0 Å². The minimum atomic E-state index is 0.139. The van der Waals surface area contributed by atoms with Gasteiger partial charge < -0.3 is 0 Å². The summed E-state index contributed by atoms with van der Waals surface area (Å²) in [6.07, 6.45) is 0.278. The summed E-state index contributed by atoms with van der Waals surface area (Å²) in [6.45, 7) is 0. The number of hydrogen-bond acceptors (Lipinski definition) is 4. The zero-order valence-corrected chi connectivity index (χ0v) is 3.37. The third-order valence-corrected chi connectivity index (χ3v) is 0.331. The summed E-state index contributed by atoms with van der Waals surface area (Å²) in [5, 5.41) is 2.78. The minimum absolute atomic E-state index is 0.139. The van der Waals surface area contributed by atoms with E-state index in [2.05, 4.69) is 5.22 Å². The highest BCUT2D eigenvalue weighted by Crippen LogP contribution is 1.70. The molecule has 0 fully saturated rings. The van der Waals surface area contributed by atoms with E-state index < -0.39 is 0 Å². The van der Waals surface area contributed by atoms with E-state index in [1.54, 1.807) is 0 Å². The van der Waals surface area contributed by atoms with Crippen molar-refractivity contribution in [3.63, 3.8) is 0 Å². The molecule has 0 rings (SSSR count). The van der Waals surface area contributed by atoms with E-state index in [4.69, 9.17) is 5.53 Å². The van der Waals surface area contributed by atoms with Gasteiger partial charge in [-0.3, -0.25) is 9.59 Å². The van der Waals surface area contributed by atoms with Gasteiger partial charge >= 0.3 is 0 Å². The van der Waals surface area contributed by atoms with E-state index in [1.165, 1.54) is 0 Å². The van der Waals surface area contributed by atoms with Gasteiger partial charge in [-0.25, -0.2) is 0 Å². The van der Waals surface area contributed by atoms with Crippen molar-refractivity contribution in [3.8, 4) is 0 Å². The maximum atomic E-state index is 9.45. The zero-order valence-electron chi connectivity index (χ0n) is 3.37.